The van der Waals surface area contributed by atoms with E-state index in [1.165, 1.54) is 0 Å². The van der Waals surface area contributed by atoms with Crippen LogP contribution in [-0.2, 0) is 4.74 Å². The molecule has 1 aliphatic rings. The van der Waals surface area contributed by atoms with Crippen LogP contribution in [0.15, 0.2) is 22.7 Å². The van der Waals surface area contributed by atoms with E-state index >= 15 is 0 Å². The Morgan fingerprint density at radius 1 is 1.50 bits per heavy atom. The monoisotopic (exact) mass is 259 g/mol. The predicted octanol–water partition coefficient (Wildman–Crippen LogP) is 2.25. The first-order chi connectivity index (χ1) is 6.79. The summed E-state index contributed by atoms with van der Waals surface area (Å²) in [6.07, 6.45) is 0. The Labute approximate surface area is 90.6 Å². The zero-order valence-electron chi connectivity index (χ0n) is 7.59. The second-order valence-corrected chi connectivity index (χ2v) is 4.08. The van der Waals surface area contributed by atoms with Crippen LogP contribution in [0, 0.1) is 5.82 Å². The summed E-state index contributed by atoms with van der Waals surface area (Å²) in [7, 11) is 0. The molecule has 0 aliphatic carbocycles. The van der Waals surface area contributed by atoms with Gasteiger partial charge in [-0.1, -0.05) is 12.1 Å². The average Bonchev–Trinajstić information content (AvgIpc) is 2.23. The molecular formula is C10H11BrFNO. The number of rotatable bonds is 1. The number of ether oxygens (including phenoxy) is 1. The van der Waals surface area contributed by atoms with Gasteiger partial charge in [-0.2, -0.15) is 0 Å². The highest BCUT2D eigenvalue weighted by molar-refractivity contribution is 9.10. The Kier molecular flexibility index (Phi) is 3.15. The van der Waals surface area contributed by atoms with Crippen LogP contribution in [-0.4, -0.2) is 19.8 Å². The molecule has 2 nitrogen and oxygen atoms in total. The summed E-state index contributed by atoms with van der Waals surface area (Å²) in [6, 6.07) is 5.29. The Hall–Kier alpha value is -0.450. The van der Waals surface area contributed by atoms with Crippen LogP contribution >= 0.6 is 15.9 Å². The summed E-state index contributed by atoms with van der Waals surface area (Å²) in [5, 5.41) is 3.22. The van der Waals surface area contributed by atoms with Gasteiger partial charge in [0.2, 0.25) is 0 Å². The van der Waals surface area contributed by atoms with Gasteiger partial charge in [-0.3, -0.25) is 0 Å². The van der Waals surface area contributed by atoms with Gasteiger partial charge in [0.1, 0.15) is 5.82 Å². The molecule has 0 bridgehead atoms. The van der Waals surface area contributed by atoms with Crippen molar-refractivity contribution in [3.8, 4) is 0 Å². The number of nitrogens with one attached hydrogen (secondary N) is 1. The van der Waals surface area contributed by atoms with Gasteiger partial charge in [0.15, 0.2) is 0 Å². The van der Waals surface area contributed by atoms with Crippen molar-refractivity contribution in [3.05, 3.63) is 34.1 Å². The number of halogens is 2. The van der Waals surface area contributed by atoms with Crippen molar-refractivity contribution in [1.29, 1.82) is 0 Å². The van der Waals surface area contributed by atoms with Crippen LogP contribution in [0.3, 0.4) is 0 Å². The lowest BCUT2D eigenvalue weighted by Crippen LogP contribution is -2.35. The Bertz CT molecular complexity index is 326. The normalized spacial score (nSPS) is 22.3. The van der Waals surface area contributed by atoms with Crippen LogP contribution in [0.25, 0.3) is 0 Å². The molecule has 2 rings (SSSR count). The summed E-state index contributed by atoms with van der Waals surface area (Å²) in [6.45, 7) is 2.01. The van der Waals surface area contributed by atoms with E-state index in [9.17, 15) is 4.39 Å². The second-order valence-electron chi connectivity index (χ2n) is 3.22. The molecule has 76 valence electrons. The van der Waals surface area contributed by atoms with Crippen molar-refractivity contribution >= 4 is 15.9 Å². The van der Waals surface area contributed by atoms with Crippen LogP contribution in [0.4, 0.5) is 4.39 Å². The Morgan fingerprint density at radius 3 is 3.07 bits per heavy atom. The summed E-state index contributed by atoms with van der Waals surface area (Å²) in [5.41, 5.74) is 0.666. The van der Waals surface area contributed by atoms with Crippen molar-refractivity contribution in [2.75, 3.05) is 19.8 Å². The molecule has 14 heavy (non-hydrogen) atoms. The molecule has 1 atom stereocenters. The van der Waals surface area contributed by atoms with E-state index in [1.54, 1.807) is 12.1 Å². The molecule has 1 fully saturated rings. The van der Waals surface area contributed by atoms with E-state index in [1.807, 2.05) is 6.07 Å². The summed E-state index contributed by atoms with van der Waals surface area (Å²) < 4.78 is 19.4. The summed E-state index contributed by atoms with van der Waals surface area (Å²) in [5.74, 6) is -0.199. The van der Waals surface area contributed by atoms with Crippen molar-refractivity contribution in [2.45, 2.75) is 6.04 Å². The van der Waals surface area contributed by atoms with Crippen LogP contribution in [0.2, 0.25) is 0 Å². The van der Waals surface area contributed by atoms with E-state index in [0.717, 1.165) is 6.54 Å². The van der Waals surface area contributed by atoms with Crippen molar-refractivity contribution < 1.29 is 9.13 Å². The highest BCUT2D eigenvalue weighted by Gasteiger charge is 2.19. The lowest BCUT2D eigenvalue weighted by molar-refractivity contribution is 0.0757. The van der Waals surface area contributed by atoms with Crippen LogP contribution in [0.1, 0.15) is 11.6 Å². The first kappa shape index (κ1) is 10.1. The molecule has 0 radical (unpaired) electrons. The highest BCUT2D eigenvalue weighted by Crippen LogP contribution is 2.24. The van der Waals surface area contributed by atoms with Gasteiger partial charge >= 0.3 is 0 Å². The molecule has 1 aliphatic heterocycles. The molecule has 0 saturated carbocycles. The minimum Gasteiger partial charge on any atom is -0.378 e. The molecule has 0 amide bonds. The molecule has 0 aromatic heterocycles. The van der Waals surface area contributed by atoms with Crippen molar-refractivity contribution in [2.24, 2.45) is 0 Å². The lowest BCUT2D eigenvalue weighted by Gasteiger charge is -2.24. The number of morpholine rings is 1. The van der Waals surface area contributed by atoms with E-state index < -0.39 is 0 Å². The Morgan fingerprint density at radius 2 is 2.36 bits per heavy atom. The number of benzene rings is 1. The van der Waals surface area contributed by atoms with Crippen LogP contribution in [0.5, 0.6) is 0 Å². The zero-order chi connectivity index (χ0) is 9.97. The fourth-order valence-electron chi connectivity index (χ4n) is 1.55. The van der Waals surface area contributed by atoms with Gasteiger partial charge in [0.25, 0.3) is 0 Å². The van der Waals surface area contributed by atoms with E-state index in [-0.39, 0.29) is 11.9 Å². The summed E-state index contributed by atoms with van der Waals surface area (Å²) >= 11 is 3.17. The van der Waals surface area contributed by atoms with Gasteiger partial charge in [-0.15, -0.1) is 0 Å². The molecule has 0 spiro atoms. The first-order valence-corrected chi connectivity index (χ1v) is 5.33. The van der Waals surface area contributed by atoms with E-state index in [0.29, 0.717) is 23.2 Å². The smallest absolute Gasteiger partial charge is 0.142 e. The molecule has 1 heterocycles. The fraction of sp³-hybridized carbons (Fsp3) is 0.400. The number of hydrogen-bond donors (Lipinski definition) is 1. The molecule has 1 saturated heterocycles. The number of hydrogen-bond acceptors (Lipinski definition) is 2. The van der Waals surface area contributed by atoms with Crippen molar-refractivity contribution in [1.82, 2.24) is 5.32 Å². The highest BCUT2D eigenvalue weighted by atomic mass is 79.9. The third kappa shape index (κ3) is 1.97. The third-order valence-corrected chi connectivity index (χ3v) is 2.89. The minimum atomic E-state index is -0.199. The van der Waals surface area contributed by atoms with E-state index in [2.05, 4.69) is 21.2 Å². The molecule has 1 aromatic carbocycles. The maximum Gasteiger partial charge on any atom is 0.142 e. The average molecular weight is 260 g/mol. The standard InChI is InChI=1S/C10H11BrFNO/c11-8-3-1-2-7(10(8)12)9-6-14-5-4-13-9/h1-3,9,13H,4-6H2. The Balaban J connectivity index is 2.26. The largest absolute Gasteiger partial charge is 0.378 e. The lowest BCUT2D eigenvalue weighted by atomic mass is 10.1. The molecule has 1 N–H and O–H groups in total. The topological polar surface area (TPSA) is 21.3 Å². The first-order valence-electron chi connectivity index (χ1n) is 4.54. The fourth-order valence-corrected chi connectivity index (χ4v) is 1.94. The van der Waals surface area contributed by atoms with Gasteiger partial charge in [-0.25, -0.2) is 4.39 Å². The molecule has 1 aromatic rings. The predicted molar refractivity (Wildman–Crippen MR) is 55.7 cm³/mol. The molecule has 1 unspecified atom stereocenters. The molecular weight excluding hydrogens is 249 g/mol. The van der Waals surface area contributed by atoms with E-state index in [4.69, 9.17) is 4.74 Å². The maximum absolute atomic E-state index is 13.6. The summed E-state index contributed by atoms with van der Waals surface area (Å²) in [4.78, 5) is 0. The van der Waals surface area contributed by atoms with Gasteiger partial charge in [-0.05, 0) is 22.0 Å². The minimum absolute atomic E-state index is 0.0266. The SMILES string of the molecule is Fc1c(Br)cccc1C1COCCN1. The van der Waals surface area contributed by atoms with Gasteiger partial charge in [0, 0.05) is 12.1 Å². The van der Waals surface area contributed by atoms with Crippen molar-refractivity contribution in [3.63, 3.8) is 0 Å². The van der Waals surface area contributed by atoms with Crippen LogP contribution < -0.4 is 5.32 Å². The molecule has 4 heteroatoms. The second kappa shape index (κ2) is 4.38. The van der Waals surface area contributed by atoms with Gasteiger partial charge in [0.05, 0.1) is 23.7 Å². The zero-order valence-corrected chi connectivity index (χ0v) is 9.18. The quantitative estimate of drug-likeness (QED) is 0.836. The third-order valence-electron chi connectivity index (χ3n) is 2.28. The van der Waals surface area contributed by atoms with Gasteiger partial charge < -0.3 is 10.1 Å². The maximum atomic E-state index is 13.6.